The van der Waals surface area contributed by atoms with Gasteiger partial charge in [0.25, 0.3) is 5.56 Å². The van der Waals surface area contributed by atoms with Gasteiger partial charge in [0.05, 0.1) is 11.3 Å². The molecule has 6 nitrogen and oxygen atoms in total. The van der Waals surface area contributed by atoms with Gasteiger partial charge in [-0.25, -0.2) is 13.8 Å². The van der Waals surface area contributed by atoms with Gasteiger partial charge >= 0.3 is 5.69 Å². The van der Waals surface area contributed by atoms with Gasteiger partial charge in [0.15, 0.2) is 0 Å². The van der Waals surface area contributed by atoms with Crippen molar-refractivity contribution in [3.05, 3.63) is 56.0 Å². The quantitative estimate of drug-likeness (QED) is 0.847. The summed E-state index contributed by atoms with van der Waals surface area (Å²) in [6.45, 7) is 1.62. The molecule has 0 aliphatic carbocycles. The second-order valence-corrected chi connectivity index (χ2v) is 4.00. The lowest BCUT2D eigenvalue weighted by atomic mass is 10.1. The maximum atomic E-state index is 13.6. The van der Waals surface area contributed by atoms with Crippen LogP contribution in [0.3, 0.4) is 0 Å². The van der Waals surface area contributed by atoms with Gasteiger partial charge in [-0.15, -0.1) is 0 Å². The second kappa shape index (κ2) is 5.01. The molecule has 2 rings (SSSR count). The van der Waals surface area contributed by atoms with E-state index >= 15 is 0 Å². The maximum Gasteiger partial charge on any atom is 0.335 e. The molecule has 7 heteroatoms. The minimum Gasteiger partial charge on any atom is -0.494 e. The van der Waals surface area contributed by atoms with Crippen LogP contribution in [0.5, 0.6) is 5.88 Å². The van der Waals surface area contributed by atoms with E-state index in [9.17, 15) is 19.1 Å². The highest BCUT2D eigenvalue weighted by molar-refractivity contribution is 5.51. The van der Waals surface area contributed by atoms with Crippen LogP contribution in [0.2, 0.25) is 0 Å². The summed E-state index contributed by atoms with van der Waals surface area (Å²) in [5.74, 6) is -1.41. The monoisotopic (exact) mass is 275 g/mol. The number of nitrogens with zero attached hydrogens (tertiary/aromatic N) is 2. The molecule has 0 amide bonds. The van der Waals surface area contributed by atoms with E-state index in [1.165, 1.54) is 12.1 Å². The number of H-pyrrole nitrogens is 1. The molecule has 0 bridgehead atoms. The van der Waals surface area contributed by atoms with Crippen molar-refractivity contribution < 1.29 is 9.50 Å². The van der Waals surface area contributed by atoms with Gasteiger partial charge in [0.2, 0.25) is 5.88 Å². The Bertz CT molecular complexity index is 830. The Morgan fingerprint density at radius 2 is 2.15 bits per heavy atom. The minimum absolute atomic E-state index is 0.0160. The van der Waals surface area contributed by atoms with Crippen LogP contribution in [0.25, 0.3) is 5.69 Å². The Labute approximate surface area is 112 Å². The number of aromatic nitrogens is 2. The number of aromatic hydroxyl groups is 1. The maximum absolute atomic E-state index is 13.6. The van der Waals surface area contributed by atoms with Gasteiger partial charge in [0, 0.05) is 0 Å². The van der Waals surface area contributed by atoms with E-state index in [0.29, 0.717) is 4.57 Å². The van der Waals surface area contributed by atoms with E-state index < -0.39 is 22.9 Å². The first-order valence-electron chi connectivity index (χ1n) is 5.77. The number of nitriles is 1. The fourth-order valence-corrected chi connectivity index (χ4v) is 1.91. The van der Waals surface area contributed by atoms with Gasteiger partial charge in [0.1, 0.15) is 17.4 Å². The SMILES string of the molecule is CCc1c(O)n(-c2cccc(F)c2C#N)c(=O)[nH]c1=O. The van der Waals surface area contributed by atoms with Crippen molar-refractivity contribution in [2.45, 2.75) is 13.3 Å². The molecule has 1 heterocycles. The number of rotatable bonds is 2. The summed E-state index contributed by atoms with van der Waals surface area (Å²) >= 11 is 0. The van der Waals surface area contributed by atoms with Crippen LogP contribution in [-0.4, -0.2) is 14.7 Å². The highest BCUT2D eigenvalue weighted by Crippen LogP contribution is 2.21. The summed E-state index contributed by atoms with van der Waals surface area (Å²) in [5.41, 5.74) is -2.18. The predicted molar refractivity (Wildman–Crippen MR) is 68.4 cm³/mol. The van der Waals surface area contributed by atoms with Crippen LogP contribution in [0.4, 0.5) is 4.39 Å². The Hall–Kier alpha value is -2.88. The van der Waals surface area contributed by atoms with Crippen LogP contribution in [0, 0.1) is 17.1 Å². The fraction of sp³-hybridized carbons (Fsp3) is 0.154. The lowest BCUT2D eigenvalue weighted by molar-refractivity contribution is 0.423. The van der Waals surface area contributed by atoms with Crippen molar-refractivity contribution in [1.29, 1.82) is 5.26 Å². The van der Waals surface area contributed by atoms with Crippen molar-refractivity contribution >= 4 is 0 Å². The molecule has 2 aromatic rings. The molecule has 0 spiro atoms. The zero-order chi connectivity index (χ0) is 14.9. The topological polar surface area (TPSA) is 98.9 Å². The predicted octanol–water partition coefficient (Wildman–Crippen LogP) is 0.805. The number of benzene rings is 1. The van der Waals surface area contributed by atoms with Crippen LogP contribution < -0.4 is 11.2 Å². The summed E-state index contributed by atoms with van der Waals surface area (Å²) in [6, 6.07) is 5.30. The Morgan fingerprint density at radius 1 is 1.45 bits per heavy atom. The lowest BCUT2D eigenvalue weighted by Gasteiger charge is -2.11. The minimum atomic E-state index is -0.938. The molecule has 1 aromatic heterocycles. The van der Waals surface area contributed by atoms with Gasteiger partial charge in [-0.2, -0.15) is 5.26 Å². The van der Waals surface area contributed by atoms with Crippen LogP contribution in [-0.2, 0) is 6.42 Å². The molecule has 20 heavy (non-hydrogen) atoms. The summed E-state index contributed by atoms with van der Waals surface area (Å²) in [7, 11) is 0. The largest absolute Gasteiger partial charge is 0.494 e. The smallest absolute Gasteiger partial charge is 0.335 e. The highest BCUT2D eigenvalue weighted by atomic mass is 19.1. The first-order valence-corrected chi connectivity index (χ1v) is 5.77. The van der Waals surface area contributed by atoms with Crippen molar-refractivity contribution in [2.75, 3.05) is 0 Å². The molecule has 0 fully saturated rings. The summed E-state index contributed by atoms with van der Waals surface area (Å²) in [5, 5.41) is 19.0. The van der Waals surface area contributed by atoms with Gasteiger partial charge in [-0.1, -0.05) is 13.0 Å². The molecule has 0 atom stereocenters. The Morgan fingerprint density at radius 3 is 2.75 bits per heavy atom. The zero-order valence-corrected chi connectivity index (χ0v) is 10.5. The Balaban J connectivity index is 2.92. The third kappa shape index (κ3) is 1.97. The van der Waals surface area contributed by atoms with Crippen molar-refractivity contribution in [3.8, 4) is 17.6 Å². The molecule has 1 aromatic carbocycles. The van der Waals surface area contributed by atoms with Gasteiger partial charge in [-0.05, 0) is 18.6 Å². The highest BCUT2D eigenvalue weighted by Gasteiger charge is 2.18. The molecule has 0 aliphatic rings. The lowest BCUT2D eigenvalue weighted by Crippen LogP contribution is -2.31. The second-order valence-electron chi connectivity index (χ2n) is 4.00. The normalized spacial score (nSPS) is 10.2. The average Bonchev–Trinajstić information content (AvgIpc) is 2.39. The standard InChI is InChI=1S/C13H10FN3O3/c1-2-7-11(18)16-13(20)17(12(7)19)10-5-3-4-9(14)8(10)6-15/h3-5,19H,2H2,1H3,(H,16,18,20). The molecule has 0 unspecified atom stereocenters. The molecule has 0 aliphatic heterocycles. The fourth-order valence-electron chi connectivity index (χ4n) is 1.91. The van der Waals surface area contributed by atoms with Crippen molar-refractivity contribution in [3.63, 3.8) is 0 Å². The average molecular weight is 275 g/mol. The van der Waals surface area contributed by atoms with Crippen LogP contribution in [0.15, 0.2) is 27.8 Å². The number of hydrogen-bond acceptors (Lipinski definition) is 4. The van der Waals surface area contributed by atoms with Crippen LogP contribution >= 0.6 is 0 Å². The molecule has 2 N–H and O–H groups in total. The number of nitrogens with one attached hydrogen (secondary N) is 1. The van der Waals surface area contributed by atoms with Gasteiger partial charge < -0.3 is 5.11 Å². The summed E-state index contributed by atoms with van der Waals surface area (Å²) < 4.78 is 14.3. The van der Waals surface area contributed by atoms with Crippen molar-refractivity contribution in [1.82, 2.24) is 9.55 Å². The number of hydrogen-bond donors (Lipinski definition) is 2. The molecular formula is C13H10FN3O3. The zero-order valence-electron chi connectivity index (χ0n) is 10.5. The summed E-state index contributed by atoms with van der Waals surface area (Å²) in [6.07, 6.45) is 0.179. The molecule has 0 saturated carbocycles. The molecule has 0 radical (unpaired) electrons. The van der Waals surface area contributed by atoms with E-state index in [1.807, 2.05) is 4.98 Å². The van der Waals surface area contributed by atoms with Gasteiger partial charge in [-0.3, -0.25) is 9.78 Å². The van der Waals surface area contributed by atoms with Crippen LogP contribution in [0.1, 0.15) is 18.1 Å². The first-order chi connectivity index (χ1) is 9.51. The van der Waals surface area contributed by atoms with E-state index in [4.69, 9.17) is 5.26 Å². The van der Waals surface area contributed by atoms with E-state index in [-0.39, 0.29) is 23.2 Å². The number of halogens is 1. The molecule has 102 valence electrons. The third-order valence-electron chi connectivity index (χ3n) is 2.88. The number of aromatic amines is 1. The van der Waals surface area contributed by atoms with E-state index in [0.717, 1.165) is 6.07 Å². The van der Waals surface area contributed by atoms with Crippen molar-refractivity contribution in [2.24, 2.45) is 0 Å². The van der Waals surface area contributed by atoms with E-state index in [2.05, 4.69) is 0 Å². The molecular weight excluding hydrogens is 265 g/mol. The summed E-state index contributed by atoms with van der Waals surface area (Å²) in [4.78, 5) is 25.4. The third-order valence-corrected chi connectivity index (χ3v) is 2.88. The Kier molecular flexibility index (Phi) is 3.39. The first kappa shape index (κ1) is 13.5. The molecule has 0 saturated heterocycles. The van der Waals surface area contributed by atoms with E-state index in [1.54, 1.807) is 13.0 Å².